The summed E-state index contributed by atoms with van der Waals surface area (Å²) in [5.41, 5.74) is -0.0243. The molecule has 1 aliphatic rings. The van der Waals surface area contributed by atoms with Gasteiger partial charge in [-0.25, -0.2) is 4.98 Å². The summed E-state index contributed by atoms with van der Waals surface area (Å²) in [5.74, 6) is 1.53. The molecule has 142 valence electrons. The summed E-state index contributed by atoms with van der Waals surface area (Å²) in [6.07, 6.45) is 2.43. The van der Waals surface area contributed by atoms with Gasteiger partial charge in [0.2, 0.25) is 5.91 Å². The van der Waals surface area contributed by atoms with Gasteiger partial charge < -0.3 is 14.5 Å². The highest BCUT2D eigenvalue weighted by molar-refractivity contribution is 5.76. The van der Waals surface area contributed by atoms with Crippen LogP contribution < -0.4 is 9.64 Å². The Kier molecular flexibility index (Phi) is 6.19. The standard InChI is InChI=1S/C19H22N4O4/c24-19(9-14-27-17-5-2-1-3-6-17)22-11-4-10-21(12-13-22)18-8-7-16(15-20-18)23(25)26/h1-3,5-8,15H,4,9-14H2. The molecule has 8 nitrogen and oxygen atoms in total. The molecule has 0 saturated carbocycles. The third kappa shape index (κ3) is 5.16. The molecular weight excluding hydrogens is 348 g/mol. The second kappa shape index (κ2) is 8.98. The number of ether oxygens (including phenoxy) is 1. The summed E-state index contributed by atoms with van der Waals surface area (Å²) in [6, 6.07) is 12.6. The molecule has 3 rings (SSSR count). The zero-order valence-electron chi connectivity index (χ0n) is 15.0. The zero-order valence-corrected chi connectivity index (χ0v) is 15.0. The Bertz CT molecular complexity index is 767. The highest BCUT2D eigenvalue weighted by Gasteiger charge is 2.20. The van der Waals surface area contributed by atoms with E-state index in [1.807, 2.05) is 35.2 Å². The quantitative estimate of drug-likeness (QED) is 0.573. The number of rotatable bonds is 6. The van der Waals surface area contributed by atoms with Gasteiger partial charge in [-0.05, 0) is 24.6 Å². The van der Waals surface area contributed by atoms with Crippen LogP contribution in [0.5, 0.6) is 5.75 Å². The number of hydrogen-bond acceptors (Lipinski definition) is 6. The van der Waals surface area contributed by atoms with Gasteiger partial charge in [0.25, 0.3) is 5.69 Å². The first-order chi connectivity index (χ1) is 13.1. The number of anilines is 1. The van der Waals surface area contributed by atoms with Crippen molar-refractivity contribution < 1.29 is 14.5 Å². The van der Waals surface area contributed by atoms with Gasteiger partial charge in [-0.1, -0.05) is 18.2 Å². The topological polar surface area (TPSA) is 88.8 Å². The van der Waals surface area contributed by atoms with Crippen molar-refractivity contribution >= 4 is 17.4 Å². The lowest BCUT2D eigenvalue weighted by Gasteiger charge is -2.22. The number of para-hydroxylation sites is 1. The van der Waals surface area contributed by atoms with E-state index in [0.717, 1.165) is 18.7 Å². The number of pyridine rings is 1. The summed E-state index contributed by atoms with van der Waals surface area (Å²) in [5, 5.41) is 10.7. The number of aromatic nitrogens is 1. The molecule has 1 fully saturated rings. The molecule has 8 heteroatoms. The van der Waals surface area contributed by atoms with E-state index in [9.17, 15) is 14.9 Å². The van der Waals surface area contributed by atoms with Gasteiger partial charge in [0, 0.05) is 32.2 Å². The zero-order chi connectivity index (χ0) is 19.1. The molecule has 1 saturated heterocycles. The first-order valence-corrected chi connectivity index (χ1v) is 8.94. The van der Waals surface area contributed by atoms with Gasteiger partial charge in [-0.15, -0.1) is 0 Å². The van der Waals surface area contributed by atoms with Gasteiger partial charge in [0.1, 0.15) is 17.8 Å². The number of carbonyl (C=O) groups is 1. The lowest BCUT2D eigenvalue weighted by molar-refractivity contribution is -0.385. The van der Waals surface area contributed by atoms with E-state index >= 15 is 0 Å². The van der Waals surface area contributed by atoms with Crippen molar-refractivity contribution in [2.45, 2.75) is 12.8 Å². The Balaban J connectivity index is 1.48. The monoisotopic (exact) mass is 370 g/mol. The average molecular weight is 370 g/mol. The fourth-order valence-corrected chi connectivity index (χ4v) is 3.00. The molecule has 1 aromatic heterocycles. The maximum absolute atomic E-state index is 12.4. The van der Waals surface area contributed by atoms with E-state index in [1.165, 1.54) is 12.3 Å². The van der Waals surface area contributed by atoms with Gasteiger partial charge >= 0.3 is 0 Å². The number of carbonyl (C=O) groups excluding carboxylic acids is 1. The van der Waals surface area contributed by atoms with Crippen molar-refractivity contribution in [3.05, 3.63) is 58.8 Å². The minimum absolute atomic E-state index is 0.0243. The van der Waals surface area contributed by atoms with Crippen molar-refractivity contribution in [1.29, 1.82) is 0 Å². The van der Waals surface area contributed by atoms with Crippen LogP contribution in [-0.2, 0) is 4.79 Å². The van der Waals surface area contributed by atoms with E-state index in [4.69, 9.17) is 4.74 Å². The van der Waals surface area contributed by atoms with Gasteiger partial charge in [-0.2, -0.15) is 0 Å². The highest BCUT2D eigenvalue weighted by Crippen LogP contribution is 2.18. The second-order valence-electron chi connectivity index (χ2n) is 6.26. The number of benzene rings is 1. The minimum Gasteiger partial charge on any atom is -0.493 e. The Morgan fingerprint density at radius 1 is 1.11 bits per heavy atom. The van der Waals surface area contributed by atoms with Crippen LogP contribution in [0.3, 0.4) is 0 Å². The predicted octanol–water partition coefficient (Wildman–Crippen LogP) is 2.50. The second-order valence-corrected chi connectivity index (χ2v) is 6.26. The molecule has 0 N–H and O–H groups in total. The lowest BCUT2D eigenvalue weighted by Crippen LogP contribution is -2.36. The molecule has 1 aliphatic heterocycles. The van der Waals surface area contributed by atoms with Crippen LogP contribution in [0.15, 0.2) is 48.7 Å². The molecule has 0 radical (unpaired) electrons. The Morgan fingerprint density at radius 3 is 2.63 bits per heavy atom. The normalized spacial score (nSPS) is 14.5. The summed E-state index contributed by atoms with van der Waals surface area (Å²) >= 11 is 0. The fraction of sp³-hybridized carbons (Fsp3) is 0.368. The highest BCUT2D eigenvalue weighted by atomic mass is 16.6. The molecule has 0 aliphatic carbocycles. The van der Waals surface area contributed by atoms with Crippen molar-refractivity contribution in [2.75, 3.05) is 37.7 Å². The van der Waals surface area contributed by atoms with Crippen molar-refractivity contribution in [3.63, 3.8) is 0 Å². The molecule has 2 aromatic rings. The Labute approximate surface area is 157 Å². The molecule has 0 spiro atoms. The molecule has 27 heavy (non-hydrogen) atoms. The molecule has 2 heterocycles. The van der Waals surface area contributed by atoms with E-state index in [0.29, 0.717) is 38.5 Å². The van der Waals surface area contributed by atoms with E-state index < -0.39 is 4.92 Å². The van der Waals surface area contributed by atoms with Crippen LogP contribution in [0.25, 0.3) is 0 Å². The smallest absolute Gasteiger partial charge is 0.287 e. The summed E-state index contributed by atoms with van der Waals surface area (Å²) in [7, 11) is 0. The largest absolute Gasteiger partial charge is 0.493 e. The molecule has 1 amide bonds. The first-order valence-electron chi connectivity index (χ1n) is 8.94. The maximum atomic E-state index is 12.4. The van der Waals surface area contributed by atoms with Crippen LogP contribution in [-0.4, -0.2) is 53.5 Å². The number of nitro groups is 1. The molecule has 0 atom stereocenters. The van der Waals surface area contributed by atoms with Gasteiger partial charge in [0.05, 0.1) is 18.0 Å². The first kappa shape index (κ1) is 18.6. The van der Waals surface area contributed by atoms with Crippen molar-refractivity contribution in [3.8, 4) is 5.75 Å². The lowest BCUT2D eigenvalue weighted by atomic mass is 10.3. The van der Waals surface area contributed by atoms with Crippen LogP contribution in [0.2, 0.25) is 0 Å². The Hall–Kier alpha value is -3.16. The molecular formula is C19H22N4O4. The molecule has 0 bridgehead atoms. The van der Waals surface area contributed by atoms with Gasteiger partial charge in [0.15, 0.2) is 0 Å². The van der Waals surface area contributed by atoms with E-state index in [-0.39, 0.29) is 11.6 Å². The minimum atomic E-state index is -0.461. The number of hydrogen-bond donors (Lipinski definition) is 0. The molecule has 1 aromatic carbocycles. The van der Waals surface area contributed by atoms with Gasteiger partial charge in [-0.3, -0.25) is 14.9 Å². The summed E-state index contributed by atoms with van der Waals surface area (Å²) in [6.45, 7) is 3.05. The predicted molar refractivity (Wildman–Crippen MR) is 101 cm³/mol. The van der Waals surface area contributed by atoms with Crippen LogP contribution >= 0.6 is 0 Å². The average Bonchev–Trinajstić information content (AvgIpc) is 2.95. The fourth-order valence-electron chi connectivity index (χ4n) is 3.00. The third-order valence-electron chi connectivity index (χ3n) is 4.44. The van der Waals surface area contributed by atoms with Crippen molar-refractivity contribution in [2.24, 2.45) is 0 Å². The summed E-state index contributed by atoms with van der Waals surface area (Å²) in [4.78, 5) is 30.8. The van der Waals surface area contributed by atoms with E-state index in [1.54, 1.807) is 6.07 Å². The summed E-state index contributed by atoms with van der Waals surface area (Å²) < 4.78 is 5.60. The van der Waals surface area contributed by atoms with Crippen molar-refractivity contribution in [1.82, 2.24) is 9.88 Å². The SMILES string of the molecule is O=C(CCOc1ccccc1)N1CCCN(c2ccc([N+](=O)[O-])cn2)CC1. The number of amides is 1. The van der Waals surface area contributed by atoms with Crippen LogP contribution in [0.4, 0.5) is 11.5 Å². The molecule has 0 unspecified atom stereocenters. The van der Waals surface area contributed by atoms with E-state index in [2.05, 4.69) is 9.88 Å². The van der Waals surface area contributed by atoms with Crippen LogP contribution in [0.1, 0.15) is 12.8 Å². The number of nitrogens with zero attached hydrogens (tertiary/aromatic N) is 4. The third-order valence-corrected chi connectivity index (χ3v) is 4.44. The Morgan fingerprint density at radius 2 is 1.93 bits per heavy atom. The maximum Gasteiger partial charge on any atom is 0.287 e. The van der Waals surface area contributed by atoms with Crippen LogP contribution in [0, 0.1) is 10.1 Å².